The van der Waals surface area contributed by atoms with Crippen LogP contribution in [0.5, 0.6) is 5.75 Å². The van der Waals surface area contributed by atoms with E-state index in [-0.39, 0.29) is 6.10 Å². The van der Waals surface area contributed by atoms with Gasteiger partial charge in [0.25, 0.3) is 0 Å². The first kappa shape index (κ1) is 11.8. The number of hydrogen-bond acceptors (Lipinski definition) is 3. The molecule has 0 spiro atoms. The Morgan fingerprint density at radius 3 is 3.17 bits per heavy atom. The summed E-state index contributed by atoms with van der Waals surface area (Å²) in [7, 11) is 0. The van der Waals surface area contributed by atoms with Gasteiger partial charge < -0.3 is 10.1 Å². The van der Waals surface area contributed by atoms with Crippen LogP contribution in [0.1, 0.15) is 19.8 Å². The highest BCUT2D eigenvalue weighted by Crippen LogP contribution is 2.28. The second-order valence-electron chi connectivity index (χ2n) is 5.62. The first-order valence-corrected chi connectivity index (χ1v) is 7.03. The number of rotatable bonds is 2. The lowest BCUT2D eigenvalue weighted by Crippen LogP contribution is -2.45. The number of nitrogens with one attached hydrogen (secondary N) is 1. The smallest absolute Gasteiger partial charge is 0.142 e. The summed E-state index contributed by atoms with van der Waals surface area (Å²) in [6.45, 7) is 6.77. The molecule has 18 heavy (non-hydrogen) atoms. The SMILES string of the molecule is CC1CCCN(CC2CNc3ccccc3O2)C1. The van der Waals surface area contributed by atoms with Gasteiger partial charge in [0.2, 0.25) is 0 Å². The van der Waals surface area contributed by atoms with Crippen molar-refractivity contribution in [3.05, 3.63) is 24.3 Å². The second-order valence-corrected chi connectivity index (χ2v) is 5.62. The molecule has 2 atom stereocenters. The number of fused-ring (bicyclic) bond motifs is 1. The standard InChI is InChI=1S/C15H22N2O/c1-12-5-4-8-17(10-12)11-13-9-16-14-6-2-3-7-15(14)18-13/h2-3,6-7,12-13,16H,4-5,8-11H2,1H3. The zero-order valence-corrected chi connectivity index (χ0v) is 11.1. The number of ether oxygens (including phenoxy) is 1. The second kappa shape index (κ2) is 5.19. The van der Waals surface area contributed by atoms with Gasteiger partial charge in [-0.15, -0.1) is 0 Å². The van der Waals surface area contributed by atoms with E-state index in [9.17, 15) is 0 Å². The molecule has 1 aromatic carbocycles. The Labute approximate surface area is 109 Å². The van der Waals surface area contributed by atoms with Gasteiger partial charge in [-0.1, -0.05) is 19.1 Å². The summed E-state index contributed by atoms with van der Waals surface area (Å²) >= 11 is 0. The number of likely N-dealkylation sites (tertiary alicyclic amines) is 1. The van der Waals surface area contributed by atoms with E-state index >= 15 is 0 Å². The van der Waals surface area contributed by atoms with Gasteiger partial charge >= 0.3 is 0 Å². The Morgan fingerprint density at radius 1 is 1.39 bits per heavy atom. The maximum atomic E-state index is 6.07. The maximum absolute atomic E-state index is 6.07. The van der Waals surface area contributed by atoms with Crippen molar-refractivity contribution in [1.29, 1.82) is 0 Å². The molecule has 0 aromatic heterocycles. The third-order valence-corrected chi connectivity index (χ3v) is 3.90. The molecule has 3 heteroatoms. The molecule has 1 fully saturated rings. The van der Waals surface area contributed by atoms with Crippen molar-refractivity contribution in [1.82, 2.24) is 4.90 Å². The molecule has 2 aliphatic heterocycles. The molecule has 1 N–H and O–H groups in total. The fourth-order valence-corrected chi connectivity index (χ4v) is 3.00. The van der Waals surface area contributed by atoms with Crippen molar-refractivity contribution in [3.8, 4) is 5.75 Å². The lowest BCUT2D eigenvalue weighted by Gasteiger charge is -2.35. The Balaban J connectivity index is 1.59. The largest absolute Gasteiger partial charge is 0.485 e. The van der Waals surface area contributed by atoms with Gasteiger partial charge in [0.15, 0.2) is 0 Å². The van der Waals surface area contributed by atoms with Crippen LogP contribution in [0.15, 0.2) is 24.3 Å². The van der Waals surface area contributed by atoms with E-state index in [1.165, 1.54) is 25.9 Å². The van der Waals surface area contributed by atoms with Crippen molar-refractivity contribution in [2.24, 2.45) is 5.92 Å². The molecule has 3 rings (SSSR count). The lowest BCUT2D eigenvalue weighted by molar-refractivity contribution is 0.105. The van der Waals surface area contributed by atoms with Crippen molar-refractivity contribution in [2.45, 2.75) is 25.9 Å². The highest BCUT2D eigenvalue weighted by Gasteiger charge is 2.24. The summed E-state index contributed by atoms with van der Waals surface area (Å²) in [4.78, 5) is 2.55. The highest BCUT2D eigenvalue weighted by molar-refractivity contribution is 5.57. The number of hydrogen-bond donors (Lipinski definition) is 1. The molecule has 0 radical (unpaired) electrons. The van der Waals surface area contributed by atoms with Crippen LogP contribution >= 0.6 is 0 Å². The Bertz CT molecular complexity index is 407. The third-order valence-electron chi connectivity index (χ3n) is 3.90. The summed E-state index contributed by atoms with van der Waals surface area (Å²) < 4.78 is 6.07. The molecule has 3 nitrogen and oxygen atoms in total. The first-order valence-electron chi connectivity index (χ1n) is 7.03. The minimum absolute atomic E-state index is 0.283. The highest BCUT2D eigenvalue weighted by atomic mass is 16.5. The fourth-order valence-electron chi connectivity index (χ4n) is 3.00. The van der Waals surface area contributed by atoms with Gasteiger partial charge in [-0.3, -0.25) is 4.90 Å². The van der Waals surface area contributed by atoms with E-state index in [0.717, 1.165) is 30.4 Å². The zero-order chi connectivity index (χ0) is 12.4. The van der Waals surface area contributed by atoms with E-state index in [0.29, 0.717) is 0 Å². The molecule has 1 saturated heterocycles. The van der Waals surface area contributed by atoms with Crippen LogP contribution in [0.2, 0.25) is 0 Å². The van der Waals surface area contributed by atoms with Crippen LogP contribution in [-0.4, -0.2) is 37.2 Å². The van der Waals surface area contributed by atoms with E-state index in [1.54, 1.807) is 0 Å². The maximum Gasteiger partial charge on any atom is 0.142 e. The van der Waals surface area contributed by atoms with E-state index in [2.05, 4.69) is 23.2 Å². The lowest BCUT2D eigenvalue weighted by atomic mass is 10.00. The van der Waals surface area contributed by atoms with E-state index < -0.39 is 0 Å². The number of nitrogens with zero attached hydrogens (tertiary/aromatic N) is 1. The number of anilines is 1. The molecular weight excluding hydrogens is 224 g/mol. The molecule has 0 amide bonds. The van der Waals surface area contributed by atoms with Crippen LogP contribution in [0, 0.1) is 5.92 Å². The van der Waals surface area contributed by atoms with Crippen molar-refractivity contribution >= 4 is 5.69 Å². The van der Waals surface area contributed by atoms with Gasteiger partial charge in [0.05, 0.1) is 12.2 Å². The summed E-state index contributed by atoms with van der Waals surface area (Å²) in [5.74, 6) is 1.83. The fraction of sp³-hybridized carbons (Fsp3) is 0.600. The predicted octanol–water partition coefficient (Wildman–Crippen LogP) is 2.59. The Hall–Kier alpha value is -1.22. The Morgan fingerprint density at radius 2 is 2.28 bits per heavy atom. The van der Waals surface area contributed by atoms with Crippen LogP contribution in [0.4, 0.5) is 5.69 Å². The average Bonchev–Trinajstić information content (AvgIpc) is 2.39. The van der Waals surface area contributed by atoms with Crippen molar-refractivity contribution in [3.63, 3.8) is 0 Å². The quantitative estimate of drug-likeness (QED) is 0.868. The van der Waals surface area contributed by atoms with E-state index in [1.807, 2.05) is 18.2 Å². The van der Waals surface area contributed by atoms with Gasteiger partial charge in [-0.2, -0.15) is 0 Å². The number of piperidine rings is 1. The summed E-state index contributed by atoms with van der Waals surface area (Å²) in [6.07, 6.45) is 2.99. The molecule has 0 bridgehead atoms. The molecular formula is C15H22N2O. The third kappa shape index (κ3) is 2.61. The van der Waals surface area contributed by atoms with Crippen molar-refractivity contribution in [2.75, 3.05) is 31.5 Å². The minimum atomic E-state index is 0.283. The zero-order valence-electron chi connectivity index (χ0n) is 11.1. The summed E-state index contributed by atoms with van der Waals surface area (Å²) in [6, 6.07) is 8.20. The summed E-state index contributed by atoms with van der Waals surface area (Å²) in [5.41, 5.74) is 1.13. The van der Waals surface area contributed by atoms with Gasteiger partial charge in [-0.25, -0.2) is 0 Å². The first-order chi connectivity index (χ1) is 8.81. The molecule has 2 heterocycles. The number of benzene rings is 1. The van der Waals surface area contributed by atoms with Crippen LogP contribution < -0.4 is 10.1 Å². The molecule has 1 aromatic rings. The molecule has 0 aliphatic carbocycles. The number of para-hydroxylation sites is 2. The van der Waals surface area contributed by atoms with Crippen LogP contribution in [0.25, 0.3) is 0 Å². The van der Waals surface area contributed by atoms with Crippen LogP contribution in [0.3, 0.4) is 0 Å². The minimum Gasteiger partial charge on any atom is -0.485 e. The van der Waals surface area contributed by atoms with Gasteiger partial charge in [0.1, 0.15) is 11.9 Å². The average molecular weight is 246 g/mol. The normalized spacial score (nSPS) is 28.1. The monoisotopic (exact) mass is 246 g/mol. The molecule has 0 saturated carbocycles. The molecule has 98 valence electrons. The molecule has 2 aliphatic rings. The van der Waals surface area contributed by atoms with E-state index in [4.69, 9.17) is 4.74 Å². The molecule has 2 unspecified atom stereocenters. The topological polar surface area (TPSA) is 24.5 Å². The van der Waals surface area contributed by atoms with Gasteiger partial charge in [0, 0.05) is 13.1 Å². The predicted molar refractivity (Wildman–Crippen MR) is 74.2 cm³/mol. The van der Waals surface area contributed by atoms with Crippen molar-refractivity contribution < 1.29 is 4.74 Å². The van der Waals surface area contributed by atoms with Crippen LogP contribution in [-0.2, 0) is 0 Å². The summed E-state index contributed by atoms with van der Waals surface area (Å²) in [5, 5.41) is 3.46. The Kier molecular flexibility index (Phi) is 3.41. The van der Waals surface area contributed by atoms with Gasteiger partial charge in [-0.05, 0) is 37.4 Å².